The number of quaternary nitrogens is 1. The number of carbonyl (C=O) groups is 1. The molecule has 21 heavy (non-hydrogen) atoms. The summed E-state index contributed by atoms with van der Waals surface area (Å²) < 4.78 is 5.45. The van der Waals surface area contributed by atoms with Gasteiger partial charge in [-0.1, -0.05) is 18.5 Å². The van der Waals surface area contributed by atoms with E-state index in [0.29, 0.717) is 16.8 Å². The minimum Gasteiger partial charge on any atom is -0.484 e. The predicted molar refractivity (Wildman–Crippen MR) is 84.0 cm³/mol. The van der Waals surface area contributed by atoms with Gasteiger partial charge in [0.25, 0.3) is 5.91 Å². The molecule has 5 heteroatoms. The van der Waals surface area contributed by atoms with Crippen molar-refractivity contribution >= 4 is 17.5 Å². The highest BCUT2D eigenvalue weighted by atomic mass is 35.5. The van der Waals surface area contributed by atoms with Gasteiger partial charge in [0.15, 0.2) is 6.61 Å². The molecule has 0 aliphatic carbocycles. The van der Waals surface area contributed by atoms with Crippen LogP contribution in [-0.2, 0) is 4.79 Å². The number of amides is 1. The first-order valence-electron chi connectivity index (χ1n) is 7.68. The van der Waals surface area contributed by atoms with E-state index in [-0.39, 0.29) is 12.5 Å². The molecule has 0 bridgehead atoms. The third kappa shape index (κ3) is 5.56. The maximum Gasteiger partial charge on any atom is 0.258 e. The molecule has 0 saturated carbocycles. The fourth-order valence-corrected chi connectivity index (χ4v) is 2.85. The molecule has 2 rings (SSSR count). The van der Waals surface area contributed by atoms with Gasteiger partial charge in [0.1, 0.15) is 5.75 Å². The summed E-state index contributed by atoms with van der Waals surface area (Å²) in [5.41, 5.74) is 0. The molecule has 116 valence electrons. The van der Waals surface area contributed by atoms with E-state index in [1.165, 1.54) is 13.0 Å². The van der Waals surface area contributed by atoms with Gasteiger partial charge in [0.2, 0.25) is 0 Å². The van der Waals surface area contributed by atoms with E-state index >= 15 is 0 Å². The standard InChI is InChI=1S/C16H23ClN2O2/c1-2-9-19-10-7-14(8-11-19)18-16(20)12-21-15-5-3-13(17)4-6-15/h3-6,14H,2,7-12H2,1H3,(H,18,20)/p+1. The van der Waals surface area contributed by atoms with Gasteiger partial charge >= 0.3 is 0 Å². The summed E-state index contributed by atoms with van der Waals surface area (Å²) in [6, 6.07) is 7.33. The molecule has 4 nitrogen and oxygen atoms in total. The average Bonchev–Trinajstić information content (AvgIpc) is 2.49. The molecule has 1 aromatic carbocycles. The highest BCUT2D eigenvalue weighted by molar-refractivity contribution is 6.30. The number of hydrogen-bond donors (Lipinski definition) is 2. The highest BCUT2D eigenvalue weighted by Crippen LogP contribution is 2.15. The second kappa shape index (κ2) is 8.25. The quantitative estimate of drug-likeness (QED) is 0.831. The van der Waals surface area contributed by atoms with Gasteiger partial charge in [-0.15, -0.1) is 0 Å². The van der Waals surface area contributed by atoms with Crippen molar-refractivity contribution in [3.63, 3.8) is 0 Å². The monoisotopic (exact) mass is 311 g/mol. The van der Waals surface area contributed by atoms with E-state index in [9.17, 15) is 4.79 Å². The van der Waals surface area contributed by atoms with Crippen LogP contribution in [0.1, 0.15) is 26.2 Å². The number of nitrogens with one attached hydrogen (secondary N) is 2. The number of hydrogen-bond acceptors (Lipinski definition) is 2. The summed E-state index contributed by atoms with van der Waals surface area (Å²) in [5.74, 6) is 0.616. The Hall–Kier alpha value is -1.26. The van der Waals surface area contributed by atoms with E-state index in [2.05, 4.69) is 12.2 Å². The zero-order chi connectivity index (χ0) is 15.1. The van der Waals surface area contributed by atoms with E-state index in [0.717, 1.165) is 25.9 Å². The van der Waals surface area contributed by atoms with Crippen molar-refractivity contribution in [1.29, 1.82) is 0 Å². The fourth-order valence-electron chi connectivity index (χ4n) is 2.72. The Morgan fingerprint density at radius 2 is 2.00 bits per heavy atom. The Kier molecular flexibility index (Phi) is 6.33. The summed E-state index contributed by atoms with van der Waals surface area (Å²) in [4.78, 5) is 13.5. The van der Waals surface area contributed by atoms with Crippen molar-refractivity contribution in [3.8, 4) is 5.75 Å². The fraction of sp³-hybridized carbons (Fsp3) is 0.562. The minimum absolute atomic E-state index is 0.0473. The molecule has 0 spiro atoms. The molecular formula is C16H24ClN2O2+. The van der Waals surface area contributed by atoms with Crippen LogP contribution in [0.2, 0.25) is 5.02 Å². The van der Waals surface area contributed by atoms with Crippen LogP contribution in [-0.4, -0.2) is 38.2 Å². The molecule has 0 unspecified atom stereocenters. The van der Waals surface area contributed by atoms with Crippen LogP contribution in [0.3, 0.4) is 0 Å². The van der Waals surface area contributed by atoms with Gasteiger partial charge in [0, 0.05) is 23.9 Å². The van der Waals surface area contributed by atoms with Gasteiger partial charge in [-0.05, 0) is 30.7 Å². The van der Waals surface area contributed by atoms with Crippen molar-refractivity contribution in [1.82, 2.24) is 5.32 Å². The van der Waals surface area contributed by atoms with Gasteiger partial charge < -0.3 is 15.0 Å². The summed E-state index contributed by atoms with van der Waals surface area (Å²) in [7, 11) is 0. The molecule has 0 radical (unpaired) electrons. The molecule has 1 heterocycles. The SMILES string of the molecule is CCC[NH+]1CCC(NC(=O)COc2ccc(Cl)cc2)CC1. The van der Waals surface area contributed by atoms with Crippen LogP contribution in [0.15, 0.2) is 24.3 Å². The van der Waals surface area contributed by atoms with Crippen molar-refractivity contribution in [2.75, 3.05) is 26.2 Å². The lowest BCUT2D eigenvalue weighted by Gasteiger charge is -2.29. The number of rotatable bonds is 6. The van der Waals surface area contributed by atoms with Gasteiger partial charge in [0.05, 0.1) is 19.6 Å². The Morgan fingerprint density at radius 1 is 1.33 bits per heavy atom. The van der Waals surface area contributed by atoms with Crippen molar-refractivity contribution in [2.45, 2.75) is 32.2 Å². The number of carbonyl (C=O) groups excluding carboxylic acids is 1. The average molecular weight is 312 g/mol. The first-order valence-corrected chi connectivity index (χ1v) is 8.06. The molecule has 1 saturated heterocycles. The maximum absolute atomic E-state index is 11.9. The zero-order valence-electron chi connectivity index (χ0n) is 12.5. The first kappa shape index (κ1) is 16.1. The van der Waals surface area contributed by atoms with Crippen LogP contribution >= 0.6 is 11.6 Å². The zero-order valence-corrected chi connectivity index (χ0v) is 13.3. The van der Waals surface area contributed by atoms with Crippen molar-refractivity contribution < 1.29 is 14.4 Å². The second-order valence-corrected chi connectivity index (χ2v) is 6.02. The summed E-state index contributed by atoms with van der Waals surface area (Å²) >= 11 is 5.80. The van der Waals surface area contributed by atoms with Gasteiger partial charge in [-0.3, -0.25) is 4.79 Å². The number of halogens is 1. The van der Waals surface area contributed by atoms with E-state index < -0.39 is 0 Å². The Balaban J connectivity index is 1.67. The summed E-state index contributed by atoms with van der Waals surface area (Å²) in [6.07, 6.45) is 3.34. The van der Waals surface area contributed by atoms with Crippen molar-refractivity contribution in [3.05, 3.63) is 29.3 Å². The number of likely N-dealkylation sites (tertiary alicyclic amines) is 1. The third-order valence-electron chi connectivity index (χ3n) is 3.84. The van der Waals surface area contributed by atoms with E-state index in [1.54, 1.807) is 29.2 Å². The molecule has 1 aliphatic heterocycles. The molecule has 0 atom stereocenters. The molecule has 0 aromatic heterocycles. The van der Waals surface area contributed by atoms with Gasteiger partial charge in [-0.2, -0.15) is 0 Å². The second-order valence-electron chi connectivity index (χ2n) is 5.58. The van der Waals surface area contributed by atoms with Crippen LogP contribution in [0, 0.1) is 0 Å². The lowest BCUT2D eigenvalue weighted by atomic mass is 10.0. The predicted octanol–water partition coefficient (Wildman–Crippen LogP) is 1.29. The van der Waals surface area contributed by atoms with Crippen LogP contribution < -0.4 is 15.0 Å². The maximum atomic E-state index is 11.9. The first-order chi connectivity index (χ1) is 10.2. The topological polar surface area (TPSA) is 42.8 Å². The Labute approximate surface area is 131 Å². The normalized spacial score (nSPS) is 21.8. The molecular weight excluding hydrogens is 288 g/mol. The van der Waals surface area contributed by atoms with Crippen LogP contribution in [0.25, 0.3) is 0 Å². The minimum atomic E-state index is -0.0473. The van der Waals surface area contributed by atoms with Crippen molar-refractivity contribution in [2.24, 2.45) is 0 Å². The van der Waals surface area contributed by atoms with E-state index in [4.69, 9.17) is 16.3 Å². The third-order valence-corrected chi connectivity index (χ3v) is 4.10. The lowest BCUT2D eigenvalue weighted by molar-refractivity contribution is -0.905. The lowest BCUT2D eigenvalue weighted by Crippen LogP contribution is -3.13. The molecule has 1 fully saturated rings. The molecule has 1 aromatic rings. The molecule has 1 amide bonds. The molecule has 2 N–H and O–H groups in total. The van der Waals surface area contributed by atoms with Crippen LogP contribution in [0.5, 0.6) is 5.75 Å². The number of ether oxygens (including phenoxy) is 1. The number of benzene rings is 1. The van der Waals surface area contributed by atoms with Crippen LogP contribution in [0.4, 0.5) is 0 Å². The largest absolute Gasteiger partial charge is 0.484 e. The summed E-state index contributed by atoms with van der Waals surface area (Å²) in [5, 5.41) is 3.72. The Morgan fingerprint density at radius 3 is 2.62 bits per heavy atom. The molecule has 1 aliphatic rings. The smallest absolute Gasteiger partial charge is 0.258 e. The summed E-state index contributed by atoms with van der Waals surface area (Å²) in [6.45, 7) is 5.81. The van der Waals surface area contributed by atoms with Gasteiger partial charge in [-0.25, -0.2) is 0 Å². The van der Waals surface area contributed by atoms with E-state index in [1.807, 2.05) is 0 Å². The number of piperidine rings is 1. The highest BCUT2D eigenvalue weighted by Gasteiger charge is 2.22. The Bertz CT molecular complexity index is 442.